The Balaban J connectivity index is 1.86. The van der Waals surface area contributed by atoms with Gasteiger partial charge in [-0.2, -0.15) is 0 Å². The number of likely N-dealkylation sites (N-methyl/N-ethyl adjacent to an activating group) is 1. The third-order valence-corrected chi connectivity index (χ3v) is 5.14. The van der Waals surface area contributed by atoms with E-state index in [1.807, 2.05) is 13.1 Å². The number of hydrogen-bond donors (Lipinski definition) is 1. The molecule has 0 spiro atoms. The molecule has 0 saturated heterocycles. The van der Waals surface area contributed by atoms with Gasteiger partial charge >= 0.3 is 0 Å². The van der Waals surface area contributed by atoms with Crippen LogP contribution in [0.25, 0.3) is 0 Å². The highest BCUT2D eigenvalue weighted by Gasteiger charge is 2.17. The van der Waals surface area contributed by atoms with Crippen LogP contribution in [-0.4, -0.2) is 7.05 Å². The quantitative estimate of drug-likeness (QED) is 0.853. The molecule has 1 unspecified atom stereocenters. The number of fused-ring (bicyclic) bond motifs is 1. The summed E-state index contributed by atoms with van der Waals surface area (Å²) in [4.78, 5) is 0. The molecule has 0 fully saturated rings. The molecule has 110 valence electrons. The summed E-state index contributed by atoms with van der Waals surface area (Å²) in [6, 6.07) is 12.1. The number of hydrogen-bond acceptors (Lipinski definition) is 1. The van der Waals surface area contributed by atoms with Gasteiger partial charge in [0.25, 0.3) is 0 Å². The Bertz CT molecular complexity index is 654. The highest BCUT2D eigenvalue weighted by molar-refractivity contribution is 9.10. The standard InChI is InChI=1S/C18H19BrFN/c1-21-17(15-6-3-7-16(20)18(15)19)11-12-8-9-13-4-2-5-14(13)10-12/h3,6-10,17,21H,2,4-5,11H2,1H3. The van der Waals surface area contributed by atoms with Crippen molar-refractivity contribution in [2.24, 2.45) is 0 Å². The van der Waals surface area contributed by atoms with Gasteiger partial charge in [0, 0.05) is 6.04 Å². The summed E-state index contributed by atoms with van der Waals surface area (Å²) in [5.41, 5.74) is 5.26. The Hall–Kier alpha value is -1.19. The lowest BCUT2D eigenvalue weighted by Crippen LogP contribution is -2.19. The average molecular weight is 348 g/mol. The summed E-state index contributed by atoms with van der Waals surface area (Å²) in [6.07, 6.45) is 4.53. The average Bonchev–Trinajstić information content (AvgIpc) is 2.95. The molecule has 1 aliphatic rings. The van der Waals surface area contributed by atoms with Crippen LogP contribution in [0.4, 0.5) is 4.39 Å². The molecule has 1 N–H and O–H groups in total. The topological polar surface area (TPSA) is 12.0 Å². The van der Waals surface area contributed by atoms with E-state index in [9.17, 15) is 4.39 Å². The van der Waals surface area contributed by atoms with Gasteiger partial charge in [0.15, 0.2) is 0 Å². The predicted molar refractivity (Wildman–Crippen MR) is 88.1 cm³/mol. The Morgan fingerprint density at radius 3 is 2.81 bits per heavy atom. The van der Waals surface area contributed by atoms with Crippen LogP contribution in [0.3, 0.4) is 0 Å². The van der Waals surface area contributed by atoms with Crippen LogP contribution >= 0.6 is 15.9 Å². The van der Waals surface area contributed by atoms with Crippen LogP contribution in [0.5, 0.6) is 0 Å². The molecule has 0 bridgehead atoms. The van der Waals surface area contributed by atoms with Gasteiger partial charge in [-0.25, -0.2) is 4.39 Å². The maximum Gasteiger partial charge on any atom is 0.137 e. The van der Waals surface area contributed by atoms with Crippen LogP contribution in [0, 0.1) is 5.82 Å². The molecular weight excluding hydrogens is 329 g/mol. The molecule has 21 heavy (non-hydrogen) atoms. The van der Waals surface area contributed by atoms with E-state index >= 15 is 0 Å². The van der Waals surface area contributed by atoms with E-state index in [4.69, 9.17) is 0 Å². The zero-order valence-corrected chi connectivity index (χ0v) is 13.7. The molecule has 0 aromatic heterocycles. The van der Waals surface area contributed by atoms with E-state index in [-0.39, 0.29) is 11.9 Å². The molecule has 0 saturated carbocycles. The first-order valence-electron chi connectivity index (χ1n) is 7.41. The van der Waals surface area contributed by atoms with E-state index in [2.05, 4.69) is 39.4 Å². The van der Waals surface area contributed by atoms with Crippen LogP contribution in [0.1, 0.15) is 34.7 Å². The molecule has 0 radical (unpaired) electrons. The molecule has 0 aliphatic heterocycles. The fourth-order valence-electron chi connectivity index (χ4n) is 3.14. The second kappa shape index (κ2) is 6.29. The van der Waals surface area contributed by atoms with Crippen molar-refractivity contribution in [2.75, 3.05) is 7.05 Å². The second-order valence-corrected chi connectivity index (χ2v) is 6.44. The number of benzene rings is 2. The molecule has 3 heteroatoms. The van der Waals surface area contributed by atoms with Gasteiger partial charge in [-0.3, -0.25) is 0 Å². The van der Waals surface area contributed by atoms with Crippen molar-refractivity contribution in [2.45, 2.75) is 31.7 Å². The maximum atomic E-state index is 13.7. The van der Waals surface area contributed by atoms with Crippen molar-refractivity contribution >= 4 is 15.9 Å². The minimum atomic E-state index is -0.207. The monoisotopic (exact) mass is 347 g/mol. The summed E-state index contributed by atoms with van der Waals surface area (Å²) in [5, 5.41) is 3.31. The van der Waals surface area contributed by atoms with E-state index in [1.165, 1.54) is 42.0 Å². The number of rotatable bonds is 4. The minimum absolute atomic E-state index is 0.106. The van der Waals surface area contributed by atoms with Gasteiger partial charge in [0.2, 0.25) is 0 Å². The Morgan fingerprint density at radius 1 is 1.19 bits per heavy atom. The van der Waals surface area contributed by atoms with E-state index in [1.54, 1.807) is 6.07 Å². The van der Waals surface area contributed by atoms with Gasteiger partial charge in [-0.15, -0.1) is 0 Å². The fraction of sp³-hybridized carbons (Fsp3) is 0.333. The predicted octanol–water partition coefficient (Wildman–Crippen LogP) is 4.58. The smallest absolute Gasteiger partial charge is 0.137 e. The van der Waals surface area contributed by atoms with E-state index in [0.29, 0.717) is 4.47 Å². The first-order valence-corrected chi connectivity index (χ1v) is 8.20. The van der Waals surface area contributed by atoms with Crippen LogP contribution in [-0.2, 0) is 19.3 Å². The first-order chi connectivity index (χ1) is 10.2. The van der Waals surface area contributed by atoms with Crippen LogP contribution < -0.4 is 5.32 Å². The van der Waals surface area contributed by atoms with Crippen molar-refractivity contribution in [3.63, 3.8) is 0 Å². The zero-order chi connectivity index (χ0) is 14.8. The minimum Gasteiger partial charge on any atom is -0.313 e. The highest BCUT2D eigenvalue weighted by atomic mass is 79.9. The Kier molecular flexibility index (Phi) is 4.41. The van der Waals surface area contributed by atoms with Gasteiger partial charge < -0.3 is 5.32 Å². The van der Waals surface area contributed by atoms with Crippen LogP contribution in [0.2, 0.25) is 0 Å². The van der Waals surface area contributed by atoms with Gasteiger partial charge in [-0.1, -0.05) is 30.3 Å². The number of halogens is 2. The number of aryl methyl sites for hydroxylation is 2. The molecule has 0 amide bonds. The molecule has 1 nitrogen and oxygen atoms in total. The summed E-state index contributed by atoms with van der Waals surface area (Å²) in [7, 11) is 1.93. The van der Waals surface area contributed by atoms with Crippen molar-refractivity contribution in [1.82, 2.24) is 5.32 Å². The molecule has 0 heterocycles. The number of nitrogens with one attached hydrogen (secondary N) is 1. The lowest BCUT2D eigenvalue weighted by Gasteiger charge is -2.19. The molecule has 2 aromatic carbocycles. The SMILES string of the molecule is CNC(Cc1ccc2c(c1)CCC2)c1cccc(F)c1Br. The van der Waals surface area contributed by atoms with E-state index in [0.717, 1.165) is 12.0 Å². The maximum absolute atomic E-state index is 13.7. The molecular formula is C18H19BrFN. The summed E-state index contributed by atoms with van der Waals surface area (Å²) in [5.74, 6) is -0.207. The van der Waals surface area contributed by atoms with E-state index < -0.39 is 0 Å². The van der Waals surface area contributed by atoms with Gasteiger partial charge in [0.1, 0.15) is 5.82 Å². The zero-order valence-electron chi connectivity index (χ0n) is 12.1. The Morgan fingerprint density at radius 2 is 2.00 bits per heavy atom. The lowest BCUT2D eigenvalue weighted by atomic mass is 9.96. The van der Waals surface area contributed by atoms with Gasteiger partial charge in [-0.05, 0) is 77.0 Å². The van der Waals surface area contributed by atoms with Gasteiger partial charge in [0.05, 0.1) is 4.47 Å². The second-order valence-electron chi connectivity index (χ2n) is 5.65. The first kappa shape index (κ1) is 14.7. The van der Waals surface area contributed by atoms with Crippen molar-refractivity contribution in [3.05, 3.63) is 68.9 Å². The molecule has 1 atom stereocenters. The summed E-state index contributed by atoms with van der Waals surface area (Å²) >= 11 is 3.37. The van der Waals surface area contributed by atoms with Crippen LogP contribution in [0.15, 0.2) is 40.9 Å². The summed E-state index contributed by atoms with van der Waals surface area (Å²) < 4.78 is 14.3. The molecule has 2 aromatic rings. The largest absolute Gasteiger partial charge is 0.313 e. The third kappa shape index (κ3) is 3.04. The highest BCUT2D eigenvalue weighted by Crippen LogP contribution is 2.29. The van der Waals surface area contributed by atoms with Crippen molar-refractivity contribution in [3.8, 4) is 0 Å². The summed E-state index contributed by atoms with van der Waals surface area (Å²) in [6.45, 7) is 0. The third-order valence-electron chi connectivity index (χ3n) is 4.31. The van der Waals surface area contributed by atoms with Crippen molar-refractivity contribution in [1.29, 1.82) is 0 Å². The normalized spacial score (nSPS) is 15.0. The van der Waals surface area contributed by atoms with Crippen molar-refractivity contribution < 1.29 is 4.39 Å². The molecule has 1 aliphatic carbocycles. The molecule has 3 rings (SSSR count). The lowest BCUT2D eigenvalue weighted by molar-refractivity contribution is 0.571. The fourth-order valence-corrected chi connectivity index (χ4v) is 3.69. The Labute approximate surface area is 133 Å².